The van der Waals surface area contributed by atoms with Crippen LogP contribution in [0.1, 0.15) is 30.6 Å². The summed E-state index contributed by atoms with van der Waals surface area (Å²) < 4.78 is 18.2. The van der Waals surface area contributed by atoms with E-state index in [2.05, 4.69) is 5.32 Å². The fourth-order valence-electron chi connectivity index (χ4n) is 1.93. The van der Waals surface area contributed by atoms with E-state index in [4.69, 9.17) is 4.74 Å². The summed E-state index contributed by atoms with van der Waals surface area (Å²) in [5.74, 6) is -0.532. The standard InChI is InChI=1S/C13H16FNO2/c1-9-13(2,7-8-17-9)15-12(16)10-3-5-11(14)6-4-10/h3-6,9H,7-8H2,1-2H3,(H,15,16). The number of benzene rings is 1. The van der Waals surface area contributed by atoms with Gasteiger partial charge < -0.3 is 10.1 Å². The highest BCUT2D eigenvalue weighted by molar-refractivity contribution is 5.94. The summed E-state index contributed by atoms with van der Waals surface area (Å²) in [5, 5.41) is 2.95. The molecule has 3 nitrogen and oxygen atoms in total. The maximum atomic E-state index is 12.7. The fourth-order valence-corrected chi connectivity index (χ4v) is 1.93. The van der Waals surface area contributed by atoms with Crippen molar-refractivity contribution in [3.8, 4) is 0 Å². The van der Waals surface area contributed by atoms with Crippen LogP contribution in [0.25, 0.3) is 0 Å². The van der Waals surface area contributed by atoms with Crippen LogP contribution in [0.15, 0.2) is 24.3 Å². The molecule has 17 heavy (non-hydrogen) atoms. The molecule has 1 aliphatic heterocycles. The molecular formula is C13H16FNO2. The van der Waals surface area contributed by atoms with Crippen LogP contribution in [0, 0.1) is 5.82 Å². The zero-order valence-corrected chi connectivity index (χ0v) is 10.00. The summed E-state index contributed by atoms with van der Waals surface area (Å²) >= 11 is 0. The Morgan fingerprint density at radius 3 is 2.65 bits per heavy atom. The van der Waals surface area contributed by atoms with Crippen LogP contribution in [-0.2, 0) is 4.74 Å². The topological polar surface area (TPSA) is 38.3 Å². The number of hydrogen-bond acceptors (Lipinski definition) is 2. The number of amides is 1. The predicted molar refractivity (Wildman–Crippen MR) is 62.3 cm³/mol. The molecule has 1 aromatic carbocycles. The molecule has 92 valence electrons. The van der Waals surface area contributed by atoms with Gasteiger partial charge >= 0.3 is 0 Å². The maximum Gasteiger partial charge on any atom is 0.251 e. The monoisotopic (exact) mass is 237 g/mol. The third-order valence-corrected chi connectivity index (χ3v) is 3.39. The van der Waals surface area contributed by atoms with Crippen molar-refractivity contribution >= 4 is 5.91 Å². The van der Waals surface area contributed by atoms with E-state index in [-0.39, 0.29) is 23.4 Å². The lowest BCUT2D eigenvalue weighted by Crippen LogP contribution is -2.50. The minimum absolute atomic E-state index is 0.00750. The Balaban J connectivity index is 2.09. The summed E-state index contributed by atoms with van der Waals surface area (Å²) in [6.07, 6.45) is 0.785. The van der Waals surface area contributed by atoms with Crippen LogP contribution in [0.4, 0.5) is 4.39 Å². The van der Waals surface area contributed by atoms with Crippen molar-refractivity contribution in [3.05, 3.63) is 35.6 Å². The Morgan fingerprint density at radius 2 is 2.12 bits per heavy atom. The van der Waals surface area contributed by atoms with Gasteiger partial charge in [0.2, 0.25) is 0 Å². The molecule has 0 radical (unpaired) electrons. The van der Waals surface area contributed by atoms with Crippen molar-refractivity contribution < 1.29 is 13.9 Å². The summed E-state index contributed by atoms with van der Waals surface area (Å²) in [5.41, 5.74) is 0.123. The van der Waals surface area contributed by atoms with Crippen molar-refractivity contribution in [1.82, 2.24) is 5.32 Å². The van der Waals surface area contributed by atoms with Gasteiger partial charge in [0.25, 0.3) is 5.91 Å². The number of carbonyl (C=O) groups is 1. The van der Waals surface area contributed by atoms with Gasteiger partial charge in [-0.05, 0) is 44.5 Å². The van der Waals surface area contributed by atoms with E-state index in [9.17, 15) is 9.18 Å². The van der Waals surface area contributed by atoms with Crippen LogP contribution in [0.2, 0.25) is 0 Å². The zero-order valence-electron chi connectivity index (χ0n) is 10.00. The van der Waals surface area contributed by atoms with Crippen molar-refractivity contribution in [3.63, 3.8) is 0 Å². The van der Waals surface area contributed by atoms with Gasteiger partial charge in [0, 0.05) is 12.2 Å². The molecule has 2 rings (SSSR count). The smallest absolute Gasteiger partial charge is 0.251 e. The Bertz CT molecular complexity index is 418. The lowest BCUT2D eigenvalue weighted by molar-refractivity contribution is 0.0727. The molecule has 0 aliphatic carbocycles. The van der Waals surface area contributed by atoms with Gasteiger partial charge in [-0.15, -0.1) is 0 Å². The molecular weight excluding hydrogens is 221 g/mol. The third kappa shape index (κ3) is 2.47. The molecule has 1 aromatic rings. The molecule has 2 unspecified atom stereocenters. The molecule has 0 bridgehead atoms. The van der Waals surface area contributed by atoms with Gasteiger partial charge in [-0.1, -0.05) is 0 Å². The minimum Gasteiger partial charge on any atom is -0.376 e. The molecule has 1 N–H and O–H groups in total. The van der Waals surface area contributed by atoms with E-state index in [1.165, 1.54) is 24.3 Å². The zero-order chi connectivity index (χ0) is 12.5. The average molecular weight is 237 g/mol. The maximum absolute atomic E-state index is 12.7. The first-order valence-electron chi connectivity index (χ1n) is 5.71. The molecule has 4 heteroatoms. The van der Waals surface area contributed by atoms with Gasteiger partial charge in [-0.25, -0.2) is 4.39 Å². The Hall–Kier alpha value is -1.42. The highest BCUT2D eigenvalue weighted by Crippen LogP contribution is 2.25. The van der Waals surface area contributed by atoms with Gasteiger partial charge in [0.05, 0.1) is 11.6 Å². The van der Waals surface area contributed by atoms with Gasteiger partial charge in [0.1, 0.15) is 5.82 Å². The van der Waals surface area contributed by atoms with E-state index in [1.807, 2.05) is 13.8 Å². The summed E-state index contributed by atoms with van der Waals surface area (Å²) in [6, 6.07) is 5.53. The molecule has 1 aliphatic rings. The lowest BCUT2D eigenvalue weighted by Gasteiger charge is -2.28. The lowest BCUT2D eigenvalue weighted by atomic mass is 9.94. The average Bonchev–Trinajstić information content (AvgIpc) is 2.60. The number of nitrogens with one attached hydrogen (secondary N) is 1. The molecule has 1 fully saturated rings. The van der Waals surface area contributed by atoms with Crippen LogP contribution in [-0.4, -0.2) is 24.2 Å². The number of ether oxygens (including phenoxy) is 1. The largest absolute Gasteiger partial charge is 0.376 e. The first kappa shape index (κ1) is 12.0. The quantitative estimate of drug-likeness (QED) is 0.855. The number of halogens is 1. The number of rotatable bonds is 2. The second kappa shape index (κ2) is 4.45. The Morgan fingerprint density at radius 1 is 1.47 bits per heavy atom. The molecule has 0 saturated carbocycles. The third-order valence-electron chi connectivity index (χ3n) is 3.39. The van der Waals surface area contributed by atoms with Gasteiger partial charge in [-0.2, -0.15) is 0 Å². The van der Waals surface area contributed by atoms with Crippen LogP contribution in [0.5, 0.6) is 0 Å². The van der Waals surface area contributed by atoms with E-state index < -0.39 is 0 Å². The van der Waals surface area contributed by atoms with Crippen LogP contribution >= 0.6 is 0 Å². The van der Waals surface area contributed by atoms with E-state index in [0.29, 0.717) is 12.2 Å². The molecule has 2 atom stereocenters. The van der Waals surface area contributed by atoms with E-state index in [1.54, 1.807) is 0 Å². The van der Waals surface area contributed by atoms with Crippen molar-refractivity contribution in [2.24, 2.45) is 0 Å². The van der Waals surface area contributed by atoms with Crippen LogP contribution < -0.4 is 5.32 Å². The predicted octanol–water partition coefficient (Wildman–Crippen LogP) is 2.12. The molecule has 0 aromatic heterocycles. The summed E-state index contributed by atoms with van der Waals surface area (Å²) in [6.45, 7) is 4.56. The fraction of sp³-hybridized carbons (Fsp3) is 0.462. The summed E-state index contributed by atoms with van der Waals surface area (Å²) in [4.78, 5) is 12.0. The number of carbonyl (C=O) groups excluding carboxylic acids is 1. The SMILES string of the molecule is CC1OCCC1(C)NC(=O)c1ccc(F)cc1. The first-order valence-corrected chi connectivity index (χ1v) is 5.71. The molecule has 1 amide bonds. The Labute approximate surface area is 100.0 Å². The van der Waals surface area contributed by atoms with Gasteiger partial charge in [0.15, 0.2) is 0 Å². The van der Waals surface area contributed by atoms with Crippen LogP contribution in [0.3, 0.4) is 0 Å². The molecule has 1 heterocycles. The molecule has 1 saturated heterocycles. The highest BCUT2D eigenvalue weighted by atomic mass is 19.1. The second-order valence-electron chi connectivity index (χ2n) is 4.64. The minimum atomic E-state index is -0.342. The van der Waals surface area contributed by atoms with Crippen molar-refractivity contribution in [1.29, 1.82) is 0 Å². The van der Waals surface area contributed by atoms with E-state index in [0.717, 1.165) is 6.42 Å². The summed E-state index contributed by atoms with van der Waals surface area (Å²) in [7, 11) is 0. The normalized spacial score (nSPS) is 28.1. The van der Waals surface area contributed by atoms with E-state index >= 15 is 0 Å². The molecule has 0 spiro atoms. The van der Waals surface area contributed by atoms with Crippen molar-refractivity contribution in [2.75, 3.05) is 6.61 Å². The second-order valence-corrected chi connectivity index (χ2v) is 4.64. The van der Waals surface area contributed by atoms with Gasteiger partial charge in [-0.3, -0.25) is 4.79 Å². The highest BCUT2D eigenvalue weighted by Gasteiger charge is 2.38. The Kier molecular flexibility index (Phi) is 3.15. The van der Waals surface area contributed by atoms with Crippen molar-refractivity contribution in [2.45, 2.75) is 31.9 Å². The number of hydrogen-bond donors (Lipinski definition) is 1. The first-order chi connectivity index (χ1) is 8.01.